The molecule has 0 aromatic carbocycles. The van der Waals surface area contributed by atoms with Crippen LogP contribution in [-0.2, 0) is 0 Å². The van der Waals surface area contributed by atoms with E-state index in [0.717, 1.165) is 55.8 Å². The Labute approximate surface area is 308 Å². The van der Waals surface area contributed by atoms with Gasteiger partial charge in [-0.3, -0.25) is 0 Å². The molecular formula is C40H84O3S3Sn. The molecule has 284 valence electrons. The van der Waals surface area contributed by atoms with Crippen molar-refractivity contribution in [2.45, 2.75) is 237 Å². The summed E-state index contributed by atoms with van der Waals surface area (Å²) in [5.41, 5.74) is 0. The fraction of sp³-hybridized carbons (Fsp3) is 1.00. The molecule has 0 aliphatic carbocycles. The van der Waals surface area contributed by atoms with Crippen LogP contribution >= 0.6 is 26.8 Å². The Morgan fingerprint density at radius 3 is 0.830 bits per heavy atom. The summed E-state index contributed by atoms with van der Waals surface area (Å²) in [4.78, 5) is 0. The van der Waals surface area contributed by atoms with Crippen LogP contribution in [0, 0.1) is 0 Å². The van der Waals surface area contributed by atoms with E-state index in [1.807, 2.05) is 0 Å². The van der Waals surface area contributed by atoms with Crippen molar-refractivity contribution in [1.82, 2.24) is 0 Å². The van der Waals surface area contributed by atoms with Crippen molar-refractivity contribution < 1.29 is 15.3 Å². The first-order valence-electron chi connectivity index (χ1n) is 20.9. The first-order chi connectivity index (χ1) is 22.9. The smallest absolute Gasteiger partial charge is 0.0654 e. The molecule has 0 aliphatic heterocycles. The zero-order valence-electron chi connectivity index (χ0n) is 32.1. The molecule has 0 aliphatic rings. The molecule has 0 bridgehead atoms. The van der Waals surface area contributed by atoms with Gasteiger partial charge in [0.05, 0.1) is 0 Å². The second kappa shape index (κ2) is 37.5. The summed E-state index contributed by atoms with van der Waals surface area (Å²) < 4.78 is 1.27. The molecule has 3 N–H and O–H groups in total. The molecule has 0 spiro atoms. The van der Waals surface area contributed by atoms with Crippen LogP contribution in [0.25, 0.3) is 0 Å². The maximum absolute atomic E-state index is 11.0. The Morgan fingerprint density at radius 1 is 0.340 bits per heavy atom. The molecule has 0 aromatic heterocycles. The van der Waals surface area contributed by atoms with E-state index in [2.05, 4.69) is 54.5 Å². The summed E-state index contributed by atoms with van der Waals surface area (Å²) in [5.74, 6) is 2.54. The third kappa shape index (κ3) is 33.3. The van der Waals surface area contributed by atoms with Crippen molar-refractivity contribution in [1.29, 1.82) is 0 Å². The Kier molecular flexibility index (Phi) is 38.9. The van der Waals surface area contributed by atoms with Crippen LogP contribution in [0.2, 0.25) is 4.44 Å². The molecule has 47 heavy (non-hydrogen) atoms. The summed E-state index contributed by atoms with van der Waals surface area (Å²) in [7, 11) is 6.37. The van der Waals surface area contributed by atoms with Crippen LogP contribution in [0.1, 0.15) is 214 Å². The predicted octanol–water partition coefficient (Wildman–Crippen LogP) is 13.6. The van der Waals surface area contributed by atoms with Crippen molar-refractivity contribution in [2.24, 2.45) is 0 Å². The fourth-order valence-corrected chi connectivity index (χ4v) is 44.4. The number of hydrogen-bond acceptors (Lipinski definition) is 6. The molecular weight excluding hydrogens is 743 g/mol. The number of aliphatic hydroxyl groups excluding tert-OH is 3. The van der Waals surface area contributed by atoms with Gasteiger partial charge >= 0.3 is 290 Å². The van der Waals surface area contributed by atoms with Crippen molar-refractivity contribution in [3.63, 3.8) is 0 Å². The molecule has 3 nitrogen and oxygen atoms in total. The van der Waals surface area contributed by atoms with E-state index >= 15 is 0 Å². The zero-order valence-corrected chi connectivity index (χ0v) is 37.4. The van der Waals surface area contributed by atoms with Crippen LogP contribution in [0.15, 0.2) is 0 Å². The zero-order chi connectivity index (χ0) is 34.7. The monoisotopic (exact) mass is 828 g/mol. The van der Waals surface area contributed by atoms with Gasteiger partial charge < -0.3 is 0 Å². The van der Waals surface area contributed by atoms with Gasteiger partial charge in [0, 0.05) is 0 Å². The molecule has 0 fully saturated rings. The quantitative estimate of drug-likeness (QED) is 0.0424. The fourth-order valence-electron chi connectivity index (χ4n) is 6.20. The predicted molar refractivity (Wildman–Crippen MR) is 223 cm³/mol. The third-order valence-electron chi connectivity index (χ3n) is 9.50. The van der Waals surface area contributed by atoms with Crippen LogP contribution in [-0.4, -0.2) is 65.1 Å². The molecule has 0 amide bonds. The standard InChI is InChI=1S/3C12H26OS.C4H9.Sn/c3*1-2-3-4-5-6-7-8-9-10-12(13)11-14;1-3-4-2;/h3*12-14H,2-11H2,1H3;1,3-4H2,2H3;/q;;;;+3/p-3. The minimum Gasteiger partial charge on any atom is -0.0654 e. The molecule has 0 aromatic rings. The molecule has 3 unspecified atom stereocenters. The second-order valence-corrected chi connectivity index (χ2v) is 48.3. The van der Waals surface area contributed by atoms with Gasteiger partial charge in [-0.1, -0.05) is 20.8 Å². The SMILES string of the molecule is CCCCCCCCCCC(O)C[S][Sn]([CH2]CCC)([S]CC(O)CCCCCCCCCC)[S]CC(O)CCCCCCCCCC. The van der Waals surface area contributed by atoms with Gasteiger partial charge in [-0.05, 0) is 0 Å². The summed E-state index contributed by atoms with van der Waals surface area (Å²) >= 11 is -2.90. The van der Waals surface area contributed by atoms with Crippen molar-refractivity contribution in [3.05, 3.63) is 0 Å². The average molecular weight is 828 g/mol. The van der Waals surface area contributed by atoms with E-state index in [0.29, 0.717) is 0 Å². The molecule has 0 rings (SSSR count). The number of aliphatic hydroxyl groups is 3. The average Bonchev–Trinajstić information content (AvgIpc) is 3.07. The summed E-state index contributed by atoms with van der Waals surface area (Å²) in [6.45, 7) is 9.12. The van der Waals surface area contributed by atoms with E-state index < -0.39 is 14.2 Å². The number of unbranched alkanes of at least 4 members (excludes halogenated alkanes) is 22. The van der Waals surface area contributed by atoms with Crippen molar-refractivity contribution in [3.8, 4) is 0 Å². The van der Waals surface area contributed by atoms with Gasteiger partial charge in [0.1, 0.15) is 0 Å². The van der Waals surface area contributed by atoms with Crippen molar-refractivity contribution >= 4 is 41.1 Å². The topological polar surface area (TPSA) is 60.7 Å². The molecule has 0 radical (unpaired) electrons. The summed E-state index contributed by atoms with van der Waals surface area (Å²) in [6.07, 6.45) is 35.9. The number of hydrogen-bond donors (Lipinski definition) is 3. The first-order valence-corrected chi connectivity index (χ1v) is 36.3. The molecule has 0 saturated carbocycles. The minimum atomic E-state index is -2.90. The Bertz CT molecular complexity index is 541. The second-order valence-electron chi connectivity index (χ2n) is 14.5. The summed E-state index contributed by atoms with van der Waals surface area (Å²) in [5, 5.41) is 33.1. The third-order valence-corrected chi connectivity index (χ3v) is 49.1. The van der Waals surface area contributed by atoms with Gasteiger partial charge in [0.25, 0.3) is 0 Å². The van der Waals surface area contributed by atoms with Crippen LogP contribution in [0.5, 0.6) is 0 Å². The van der Waals surface area contributed by atoms with E-state index in [9.17, 15) is 15.3 Å². The minimum absolute atomic E-state index is 0.219. The van der Waals surface area contributed by atoms with Gasteiger partial charge in [-0.2, -0.15) is 0 Å². The number of rotatable bonds is 39. The van der Waals surface area contributed by atoms with Gasteiger partial charge in [0.15, 0.2) is 0 Å². The van der Waals surface area contributed by atoms with Crippen molar-refractivity contribution in [2.75, 3.05) is 17.3 Å². The molecule has 0 saturated heterocycles. The van der Waals surface area contributed by atoms with Gasteiger partial charge in [-0.25, -0.2) is 0 Å². The van der Waals surface area contributed by atoms with E-state index in [-0.39, 0.29) is 18.3 Å². The summed E-state index contributed by atoms with van der Waals surface area (Å²) in [6, 6.07) is 0. The normalized spacial score (nSPS) is 15.1. The molecule has 3 atom stereocenters. The van der Waals surface area contributed by atoms with Crippen LogP contribution in [0.3, 0.4) is 0 Å². The van der Waals surface area contributed by atoms with Crippen LogP contribution < -0.4 is 0 Å². The van der Waals surface area contributed by atoms with E-state index in [1.165, 1.54) is 152 Å². The Balaban J connectivity index is 4.89. The Hall–Kier alpha value is 1.73. The van der Waals surface area contributed by atoms with Gasteiger partial charge in [-0.15, -0.1) is 0 Å². The maximum atomic E-state index is 11.0. The van der Waals surface area contributed by atoms with E-state index in [1.54, 1.807) is 0 Å². The van der Waals surface area contributed by atoms with Gasteiger partial charge in [0.2, 0.25) is 0 Å². The van der Waals surface area contributed by atoms with E-state index in [4.69, 9.17) is 0 Å². The Morgan fingerprint density at radius 2 is 0.574 bits per heavy atom. The molecule has 7 heteroatoms. The van der Waals surface area contributed by atoms with Crippen LogP contribution in [0.4, 0.5) is 0 Å². The first kappa shape index (κ1) is 48.7. The molecule has 0 heterocycles.